The first-order valence-electron chi connectivity index (χ1n) is 7.76. The molecule has 2 aromatic rings. The first-order chi connectivity index (χ1) is 13.3. The Kier molecular flexibility index (Phi) is 7.73. The van der Waals surface area contributed by atoms with Crippen LogP contribution < -0.4 is 10.6 Å². The molecule has 28 heavy (non-hydrogen) atoms. The number of halogens is 2. The van der Waals surface area contributed by atoms with Crippen molar-refractivity contribution < 1.29 is 19.3 Å². The third-order valence-electron chi connectivity index (χ3n) is 3.26. The number of rotatable bonds is 8. The average Bonchev–Trinajstić information content (AvgIpc) is 2.64. The number of carbonyl (C=O) groups is 2. The minimum absolute atomic E-state index is 0.163. The van der Waals surface area contributed by atoms with Crippen molar-refractivity contribution in [3.63, 3.8) is 0 Å². The van der Waals surface area contributed by atoms with E-state index in [0.717, 1.165) is 6.21 Å². The van der Waals surface area contributed by atoms with Gasteiger partial charge in [0.15, 0.2) is 6.61 Å². The Balaban J connectivity index is 1.73. The van der Waals surface area contributed by atoms with Crippen LogP contribution in [0.1, 0.15) is 5.56 Å². The molecular formula is C17H14Cl2N4O5. The Morgan fingerprint density at radius 2 is 2.00 bits per heavy atom. The van der Waals surface area contributed by atoms with Gasteiger partial charge in [0.25, 0.3) is 17.5 Å². The van der Waals surface area contributed by atoms with Gasteiger partial charge in [-0.2, -0.15) is 0 Å². The summed E-state index contributed by atoms with van der Waals surface area (Å²) >= 11 is 11.8. The van der Waals surface area contributed by atoms with E-state index in [1.807, 2.05) is 0 Å². The van der Waals surface area contributed by atoms with Gasteiger partial charge in [0, 0.05) is 34.4 Å². The highest BCUT2D eigenvalue weighted by Gasteiger charge is 2.08. The molecule has 0 spiro atoms. The van der Waals surface area contributed by atoms with Crippen molar-refractivity contribution in [3.8, 4) is 0 Å². The van der Waals surface area contributed by atoms with Crippen LogP contribution in [0.15, 0.2) is 47.6 Å². The van der Waals surface area contributed by atoms with Crippen LogP contribution in [0.3, 0.4) is 0 Å². The number of benzene rings is 2. The van der Waals surface area contributed by atoms with Crippen LogP contribution in [0.5, 0.6) is 0 Å². The van der Waals surface area contributed by atoms with Crippen molar-refractivity contribution in [2.45, 2.75) is 6.54 Å². The average molecular weight is 425 g/mol. The molecule has 2 aromatic carbocycles. The standard InChI is InChI=1S/C17H14Cl2N4O5/c18-12-5-4-11(15(19)6-12)8-20-17(25)10-28-21-9-16(24)22-13-2-1-3-14(7-13)23(26)27/h1-7,9H,8,10H2,(H,20,25)(H,22,24)/b21-9-. The van der Waals surface area contributed by atoms with Crippen LogP contribution in [0.4, 0.5) is 11.4 Å². The molecule has 0 bridgehead atoms. The molecule has 0 aliphatic rings. The second-order valence-electron chi connectivity index (χ2n) is 5.32. The summed E-state index contributed by atoms with van der Waals surface area (Å²) < 4.78 is 0. The smallest absolute Gasteiger partial charge is 0.271 e. The normalized spacial score (nSPS) is 10.5. The summed E-state index contributed by atoms with van der Waals surface area (Å²) in [5.74, 6) is -1.14. The molecule has 11 heteroatoms. The molecule has 2 rings (SSSR count). The molecule has 0 radical (unpaired) electrons. The van der Waals surface area contributed by atoms with Crippen molar-refractivity contribution in [1.82, 2.24) is 5.32 Å². The van der Waals surface area contributed by atoms with Gasteiger partial charge in [0.05, 0.1) is 4.92 Å². The summed E-state index contributed by atoms with van der Waals surface area (Å²) in [6.07, 6.45) is 0.808. The topological polar surface area (TPSA) is 123 Å². The van der Waals surface area contributed by atoms with E-state index in [9.17, 15) is 19.7 Å². The van der Waals surface area contributed by atoms with Crippen molar-refractivity contribution in [2.75, 3.05) is 11.9 Å². The second-order valence-corrected chi connectivity index (χ2v) is 6.16. The van der Waals surface area contributed by atoms with Crippen molar-refractivity contribution in [2.24, 2.45) is 5.16 Å². The van der Waals surface area contributed by atoms with E-state index in [-0.39, 0.29) is 17.9 Å². The molecular weight excluding hydrogens is 411 g/mol. The number of nitrogens with one attached hydrogen (secondary N) is 2. The summed E-state index contributed by atoms with van der Waals surface area (Å²) in [6, 6.07) is 10.3. The van der Waals surface area contributed by atoms with E-state index in [1.54, 1.807) is 18.2 Å². The summed E-state index contributed by atoms with van der Waals surface area (Å²) in [7, 11) is 0. The van der Waals surface area contributed by atoms with Crippen molar-refractivity contribution in [3.05, 3.63) is 68.2 Å². The maximum atomic E-state index is 11.7. The van der Waals surface area contributed by atoms with Crippen molar-refractivity contribution in [1.29, 1.82) is 0 Å². The fraction of sp³-hybridized carbons (Fsp3) is 0.118. The predicted molar refractivity (Wildman–Crippen MR) is 104 cm³/mol. The SMILES string of the molecule is O=C(/C=N\OCC(=O)NCc1ccc(Cl)cc1Cl)Nc1cccc([N+](=O)[O-])c1. The lowest BCUT2D eigenvalue weighted by atomic mass is 10.2. The fourth-order valence-electron chi connectivity index (χ4n) is 1.96. The maximum absolute atomic E-state index is 11.7. The zero-order valence-corrected chi connectivity index (χ0v) is 15.7. The van der Waals surface area contributed by atoms with Crippen LogP contribution in [0, 0.1) is 10.1 Å². The minimum atomic E-state index is -0.672. The molecule has 2 amide bonds. The molecule has 0 aliphatic heterocycles. The number of nitro benzene ring substituents is 1. The Hall–Kier alpha value is -3.17. The van der Waals surface area contributed by atoms with Gasteiger partial charge in [-0.15, -0.1) is 0 Å². The van der Waals surface area contributed by atoms with Gasteiger partial charge in [0.2, 0.25) is 0 Å². The molecule has 146 valence electrons. The number of nitro groups is 1. The Morgan fingerprint density at radius 1 is 1.21 bits per heavy atom. The van der Waals surface area contributed by atoms with Gasteiger partial charge < -0.3 is 15.5 Å². The summed E-state index contributed by atoms with van der Waals surface area (Å²) in [4.78, 5) is 38.2. The third-order valence-corrected chi connectivity index (χ3v) is 3.84. The Bertz CT molecular complexity index is 920. The lowest BCUT2D eigenvalue weighted by Crippen LogP contribution is -2.26. The molecule has 0 atom stereocenters. The number of carbonyl (C=O) groups excluding carboxylic acids is 2. The van der Waals surface area contributed by atoms with Crippen molar-refractivity contribution >= 4 is 52.6 Å². The highest BCUT2D eigenvalue weighted by molar-refractivity contribution is 6.35. The predicted octanol–water partition coefficient (Wildman–Crippen LogP) is 3.16. The lowest BCUT2D eigenvalue weighted by Gasteiger charge is -2.06. The summed E-state index contributed by atoms with van der Waals surface area (Å²) in [6.45, 7) is -0.235. The van der Waals surface area contributed by atoms with E-state index >= 15 is 0 Å². The van der Waals surface area contributed by atoms with Gasteiger partial charge in [-0.1, -0.05) is 40.5 Å². The monoisotopic (exact) mass is 424 g/mol. The zero-order valence-electron chi connectivity index (χ0n) is 14.2. The van der Waals surface area contributed by atoms with E-state index in [0.29, 0.717) is 15.6 Å². The quantitative estimate of drug-likeness (QED) is 0.382. The molecule has 0 aromatic heterocycles. The molecule has 9 nitrogen and oxygen atoms in total. The maximum Gasteiger partial charge on any atom is 0.271 e. The number of oxime groups is 1. The van der Waals surface area contributed by atoms with Gasteiger partial charge in [0.1, 0.15) is 6.21 Å². The molecule has 0 aliphatic carbocycles. The molecule has 0 saturated carbocycles. The molecule has 0 saturated heterocycles. The number of anilines is 1. The lowest BCUT2D eigenvalue weighted by molar-refractivity contribution is -0.384. The highest BCUT2D eigenvalue weighted by atomic mass is 35.5. The van der Waals surface area contributed by atoms with Gasteiger partial charge in [-0.25, -0.2) is 0 Å². The minimum Gasteiger partial charge on any atom is -0.386 e. The van der Waals surface area contributed by atoms with Crippen LogP contribution in [-0.2, 0) is 21.0 Å². The fourth-order valence-corrected chi connectivity index (χ4v) is 2.44. The molecule has 2 N–H and O–H groups in total. The van der Waals surface area contributed by atoms with Crippen LogP contribution in [-0.4, -0.2) is 29.6 Å². The summed E-state index contributed by atoms with van der Waals surface area (Å²) in [5, 5.41) is 19.9. The number of hydrogen-bond donors (Lipinski definition) is 2. The number of non-ortho nitro benzene ring substituents is 1. The number of amides is 2. The van der Waals surface area contributed by atoms with E-state index in [1.165, 1.54) is 24.3 Å². The van der Waals surface area contributed by atoms with E-state index in [2.05, 4.69) is 15.8 Å². The first kappa shape index (κ1) is 21.1. The number of nitrogens with zero attached hydrogens (tertiary/aromatic N) is 2. The van der Waals surface area contributed by atoms with Gasteiger partial charge in [-0.3, -0.25) is 19.7 Å². The van der Waals surface area contributed by atoms with Crippen LogP contribution in [0.2, 0.25) is 10.0 Å². The van der Waals surface area contributed by atoms with Crippen LogP contribution in [0.25, 0.3) is 0 Å². The zero-order chi connectivity index (χ0) is 20.5. The first-order valence-corrected chi connectivity index (χ1v) is 8.52. The van der Waals surface area contributed by atoms with E-state index < -0.39 is 23.3 Å². The molecule has 0 unspecified atom stereocenters. The van der Waals surface area contributed by atoms with Gasteiger partial charge in [-0.05, 0) is 23.8 Å². The highest BCUT2D eigenvalue weighted by Crippen LogP contribution is 2.20. The van der Waals surface area contributed by atoms with E-state index in [4.69, 9.17) is 28.0 Å². The Morgan fingerprint density at radius 3 is 2.71 bits per heavy atom. The third kappa shape index (κ3) is 6.86. The van der Waals surface area contributed by atoms with Crippen LogP contribution >= 0.6 is 23.2 Å². The second kappa shape index (κ2) is 10.2. The largest absolute Gasteiger partial charge is 0.386 e. The number of hydrogen-bond acceptors (Lipinski definition) is 6. The van der Waals surface area contributed by atoms with Gasteiger partial charge >= 0.3 is 0 Å². The summed E-state index contributed by atoms with van der Waals surface area (Å²) in [5.41, 5.74) is 0.742. The molecule has 0 heterocycles. The molecule has 0 fully saturated rings. The Labute approximate surface area is 169 Å².